The van der Waals surface area contributed by atoms with Crippen molar-refractivity contribution in [1.29, 1.82) is 0 Å². The van der Waals surface area contributed by atoms with Gasteiger partial charge >= 0.3 is 0 Å². The summed E-state index contributed by atoms with van der Waals surface area (Å²) in [7, 11) is 1.60. The summed E-state index contributed by atoms with van der Waals surface area (Å²) in [4.78, 5) is 15.2. The molecule has 4 rings (SSSR count). The van der Waals surface area contributed by atoms with E-state index in [2.05, 4.69) is 0 Å². The van der Waals surface area contributed by atoms with Gasteiger partial charge in [-0.1, -0.05) is 30.3 Å². The van der Waals surface area contributed by atoms with Crippen LogP contribution in [-0.4, -0.2) is 43.8 Å². The minimum Gasteiger partial charge on any atom is -0.497 e. The maximum atomic E-state index is 13.8. The molecule has 1 aliphatic heterocycles. The first-order chi connectivity index (χ1) is 16.6. The van der Waals surface area contributed by atoms with Crippen molar-refractivity contribution in [3.63, 3.8) is 0 Å². The van der Waals surface area contributed by atoms with E-state index in [0.29, 0.717) is 48.7 Å². The first kappa shape index (κ1) is 23.8. The molecule has 0 radical (unpaired) electrons. The molecule has 0 bridgehead atoms. The average molecular weight is 464 g/mol. The number of hydrogen-bond donors (Lipinski definition) is 0. The Morgan fingerprint density at radius 2 is 1.88 bits per heavy atom. The SMILES string of the molecule is COc1ccc(C(=O)N(Cc2cccc(OCCc3ccccc3F)c2)C[C@H]2CCCO2)cc1. The normalized spacial score (nSPS) is 15.2. The van der Waals surface area contributed by atoms with Gasteiger partial charge in [0.15, 0.2) is 0 Å². The highest BCUT2D eigenvalue weighted by Crippen LogP contribution is 2.21. The van der Waals surface area contributed by atoms with Gasteiger partial charge in [0.2, 0.25) is 0 Å². The Morgan fingerprint density at radius 3 is 2.62 bits per heavy atom. The van der Waals surface area contributed by atoms with E-state index >= 15 is 0 Å². The van der Waals surface area contributed by atoms with Crippen LogP contribution in [0.15, 0.2) is 72.8 Å². The van der Waals surface area contributed by atoms with Gasteiger partial charge in [-0.15, -0.1) is 0 Å². The number of rotatable bonds is 10. The lowest BCUT2D eigenvalue weighted by molar-refractivity contribution is 0.0507. The molecule has 3 aromatic rings. The average Bonchev–Trinajstić information content (AvgIpc) is 3.38. The molecule has 6 heteroatoms. The molecule has 0 N–H and O–H groups in total. The number of benzene rings is 3. The summed E-state index contributed by atoms with van der Waals surface area (Å²) in [5.74, 6) is 1.14. The molecule has 1 aliphatic rings. The summed E-state index contributed by atoms with van der Waals surface area (Å²) >= 11 is 0. The van der Waals surface area contributed by atoms with Crippen LogP contribution in [0.5, 0.6) is 11.5 Å². The van der Waals surface area contributed by atoms with E-state index in [9.17, 15) is 9.18 Å². The summed E-state index contributed by atoms with van der Waals surface area (Å²) in [6.07, 6.45) is 2.49. The van der Waals surface area contributed by atoms with Gasteiger partial charge in [0.1, 0.15) is 17.3 Å². The minimum atomic E-state index is -0.221. The number of ether oxygens (including phenoxy) is 3. The summed E-state index contributed by atoms with van der Waals surface area (Å²) in [6, 6.07) is 21.6. The summed E-state index contributed by atoms with van der Waals surface area (Å²) < 4.78 is 30.7. The molecule has 34 heavy (non-hydrogen) atoms. The van der Waals surface area contributed by atoms with Crippen molar-refractivity contribution in [3.8, 4) is 11.5 Å². The van der Waals surface area contributed by atoms with Gasteiger partial charge in [-0.25, -0.2) is 4.39 Å². The number of carbonyl (C=O) groups excluding carboxylic acids is 1. The Bertz CT molecular complexity index is 1080. The zero-order chi connectivity index (χ0) is 23.8. The quantitative estimate of drug-likeness (QED) is 0.411. The fourth-order valence-corrected chi connectivity index (χ4v) is 4.10. The Morgan fingerprint density at radius 1 is 1.06 bits per heavy atom. The molecule has 0 unspecified atom stereocenters. The minimum absolute atomic E-state index is 0.0439. The van der Waals surface area contributed by atoms with Gasteiger partial charge < -0.3 is 19.1 Å². The van der Waals surface area contributed by atoms with E-state index in [-0.39, 0.29) is 17.8 Å². The summed E-state index contributed by atoms with van der Waals surface area (Å²) in [6.45, 7) is 2.08. The molecule has 1 heterocycles. The fourth-order valence-electron chi connectivity index (χ4n) is 4.10. The third kappa shape index (κ3) is 6.35. The molecule has 0 saturated carbocycles. The smallest absolute Gasteiger partial charge is 0.254 e. The van der Waals surface area contributed by atoms with Crippen molar-refractivity contribution < 1.29 is 23.4 Å². The second-order valence-corrected chi connectivity index (χ2v) is 8.39. The maximum Gasteiger partial charge on any atom is 0.254 e. The van der Waals surface area contributed by atoms with Gasteiger partial charge in [-0.2, -0.15) is 0 Å². The third-order valence-corrected chi connectivity index (χ3v) is 5.94. The monoisotopic (exact) mass is 463 g/mol. The predicted molar refractivity (Wildman–Crippen MR) is 129 cm³/mol. The number of amides is 1. The molecule has 3 aromatic carbocycles. The molecule has 5 nitrogen and oxygen atoms in total. The van der Waals surface area contributed by atoms with E-state index < -0.39 is 0 Å². The highest BCUT2D eigenvalue weighted by Gasteiger charge is 2.24. The highest BCUT2D eigenvalue weighted by atomic mass is 19.1. The second kappa shape index (κ2) is 11.7. The zero-order valence-corrected chi connectivity index (χ0v) is 19.4. The number of hydrogen-bond acceptors (Lipinski definition) is 4. The third-order valence-electron chi connectivity index (χ3n) is 5.94. The largest absolute Gasteiger partial charge is 0.497 e. The predicted octanol–water partition coefficient (Wildman–Crippen LogP) is 5.28. The van der Waals surface area contributed by atoms with Gasteiger partial charge in [0, 0.05) is 31.7 Å². The van der Waals surface area contributed by atoms with Crippen LogP contribution in [-0.2, 0) is 17.7 Å². The van der Waals surface area contributed by atoms with Crippen molar-refractivity contribution >= 4 is 5.91 Å². The van der Waals surface area contributed by atoms with Gasteiger partial charge in [-0.05, 0) is 66.4 Å². The van der Waals surface area contributed by atoms with Crippen LogP contribution in [0.1, 0.15) is 34.3 Å². The van der Waals surface area contributed by atoms with Crippen molar-refractivity contribution in [2.45, 2.75) is 31.9 Å². The summed E-state index contributed by atoms with van der Waals surface area (Å²) in [5, 5.41) is 0. The zero-order valence-electron chi connectivity index (χ0n) is 19.4. The van der Waals surface area contributed by atoms with E-state index in [1.54, 1.807) is 43.5 Å². The Balaban J connectivity index is 1.43. The van der Waals surface area contributed by atoms with E-state index in [4.69, 9.17) is 14.2 Å². The molecule has 0 aliphatic carbocycles. The fraction of sp³-hybridized carbons (Fsp3) is 0.321. The van der Waals surface area contributed by atoms with Crippen LogP contribution in [0.2, 0.25) is 0 Å². The van der Waals surface area contributed by atoms with Gasteiger partial charge in [-0.3, -0.25) is 4.79 Å². The first-order valence-electron chi connectivity index (χ1n) is 11.6. The molecule has 178 valence electrons. The summed E-state index contributed by atoms with van der Waals surface area (Å²) in [5.41, 5.74) is 2.20. The van der Waals surface area contributed by atoms with Crippen LogP contribution in [0.3, 0.4) is 0 Å². The lowest BCUT2D eigenvalue weighted by atomic mass is 10.1. The Kier molecular flexibility index (Phi) is 8.15. The molecule has 1 saturated heterocycles. The standard InChI is InChI=1S/C28H30FNO4/c1-32-24-13-11-23(12-14-24)28(31)30(20-26-9-5-16-33-26)19-21-6-4-8-25(18-21)34-17-15-22-7-2-3-10-27(22)29/h2-4,6-8,10-14,18,26H,5,9,15-17,19-20H2,1H3/t26-/m1/s1. The maximum absolute atomic E-state index is 13.8. The number of nitrogens with zero attached hydrogens (tertiary/aromatic N) is 1. The van der Waals surface area contributed by atoms with Crippen molar-refractivity contribution in [1.82, 2.24) is 4.90 Å². The van der Waals surface area contributed by atoms with Gasteiger partial charge in [0.05, 0.1) is 19.8 Å². The van der Waals surface area contributed by atoms with Crippen molar-refractivity contribution in [2.24, 2.45) is 0 Å². The molecular weight excluding hydrogens is 433 g/mol. The molecular formula is C28H30FNO4. The molecule has 1 atom stereocenters. The van der Waals surface area contributed by atoms with E-state index in [1.165, 1.54) is 6.07 Å². The topological polar surface area (TPSA) is 48.0 Å². The van der Waals surface area contributed by atoms with Gasteiger partial charge in [0.25, 0.3) is 5.91 Å². The number of halogens is 1. The van der Waals surface area contributed by atoms with Crippen LogP contribution in [0.4, 0.5) is 4.39 Å². The number of carbonyl (C=O) groups is 1. The lowest BCUT2D eigenvalue weighted by Crippen LogP contribution is -2.37. The second-order valence-electron chi connectivity index (χ2n) is 8.39. The van der Waals surface area contributed by atoms with Crippen LogP contribution in [0.25, 0.3) is 0 Å². The van der Waals surface area contributed by atoms with Crippen molar-refractivity contribution in [2.75, 3.05) is 26.9 Å². The lowest BCUT2D eigenvalue weighted by Gasteiger charge is -2.26. The van der Waals surface area contributed by atoms with E-state index in [1.807, 2.05) is 35.2 Å². The van der Waals surface area contributed by atoms with Crippen LogP contribution >= 0.6 is 0 Å². The van der Waals surface area contributed by atoms with Crippen LogP contribution < -0.4 is 9.47 Å². The Labute approximate surface area is 200 Å². The first-order valence-corrected chi connectivity index (χ1v) is 11.6. The molecule has 1 amide bonds. The highest BCUT2D eigenvalue weighted by molar-refractivity contribution is 5.94. The molecule has 0 spiro atoms. The van der Waals surface area contributed by atoms with Crippen LogP contribution in [0, 0.1) is 5.82 Å². The number of methoxy groups -OCH3 is 1. The molecule has 0 aromatic heterocycles. The van der Waals surface area contributed by atoms with E-state index in [0.717, 1.165) is 25.0 Å². The molecule has 1 fully saturated rings. The van der Waals surface area contributed by atoms with Crippen molar-refractivity contribution in [3.05, 3.63) is 95.3 Å². The Hall–Kier alpha value is -3.38.